The third kappa shape index (κ3) is 10.1. The van der Waals surface area contributed by atoms with Gasteiger partial charge in [-0.1, -0.05) is 12.1 Å². The fourth-order valence-corrected chi connectivity index (χ4v) is 7.99. The standard InChI is InChI=1S/C48H60N2O11/c1-47(2,3)60-45(51)49-19-17-31-25-40(55-9)42(57-11)27-33(31)35(49)21-29-14-16-38(39(23-29)54-8)59-44-24-30(13-15-37(44)53-7)22-36-34-28-43(58-12)41(56-10)26-32(34)18-20-50(36)46(52)61-48(4,5)6/h13-16,23-28,35-36H,17-22H2,1-12H3/t35-,36-/m1/s1. The zero-order valence-electron chi connectivity index (χ0n) is 37.6. The number of nitrogens with zero attached hydrogens (tertiary/aromatic N) is 2. The predicted octanol–water partition coefficient (Wildman–Crippen LogP) is 9.68. The first-order chi connectivity index (χ1) is 29.0. The molecule has 2 aliphatic heterocycles. The number of methoxy groups -OCH3 is 6. The third-order valence-corrected chi connectivity index (χ3v) is 10.8. The molecule has 0 spiro atoms. The number of rotatable bonds is 12. The molecule has 0 saturated carbocycles. The summed E-state index contributed by atoms with van der Waals surface area (Å²) in [4.78, 5) is 31.0. The van der Waals surface area contributed by atoms with Gasteiger partial charge in [-0.15, -0.1) is 0 Å². The molecule has 0 radical (unpaired) electrons. The molecule has 0 unspecified atom stereocenters. The number of hydrogen-bond acceptors (Lipinski definition) is 11. The Balaban J connectivity index is 1.32. The van der Waals surface area contributed by atoms with Crippen LogP contribution in [0.2, 0.25) is 0 Å². The minimum absolute atomic E-state index is 0.363. The lowest BCUT2D eigenvalue weighted by Gasteiger charge is -2.38. The summed E-state index contributed by atoms with van der Waals surface area (Å²) in [5.74, 6) is 4.39. The van der Waals surface area contributed by atoms with Crippen LogP contribution in [0.1, 0.15) is 87.0 Å². The van der Waals surface area contributed by atoms with E-state index in [9.17, 15) is 9.59 Å². The Morgan fingerprint density at radius 1 is 0.492 bits per heavy atom. The molecule has 2 amide bonds. The maximum Gasteiger partial charge on any atom is 0.410 e. The largest absolute Gasteiger partial charge is 0.493 e. The fraction of sp³-hybridized carbons (Fsp3) is 0.458. The lowest BCUT2D eigenvalue weighted by Crippen LogP contribution is -2.43. The first-order valence-corrected chi connectivity index (χ1v) is 20.5. The number of benzene rings is 4. The van der Waals surface area contributed by atoms with Crippen LogP contribution in [0.4, 0.5) is 9.59 Å². The number of fused-ring (bicyclic) bond motifs is 2. The summed E-state index contributed by atoms with van der Waals surface area (Å²) in [7, 11) is 9.62. The first-order valence-electron chi connectivity index (χ1n) is 20.5. The topological polar surface area (TPSA) is 124 Å². The molecule has 0 saturated heterocycles. The Kier molecular flexibility index (Phi) is 13.4. The molecule has 2 atom stereocenters. The summed E-state index contributed by atoms with van der Waals surface area (Å²) in [5.41, 5.74) is 4.53. The normalized spacial score (nSPS) is 16.1. The Hall–Kier alpha value is -5.98. The summed E-state index contributed by atoms with van der Waals surface area (Å²) in [6, 6.07) is 18.6. The second kappa shape index (κ2) is 18.3. The molecule has 2 aliphatic rings. The van der Waals surface area contributed by atoms with Crippen LogP contribution in [0.5, 0.6) is 46.0 Å². The van der Waals surface area contributed by atoms with E-state index in [0.29, 0.717) is 84.8 Å². The average molecular weight is 841 g/mol. The molecule has 61 heavy (non-hydrogen) atoms. The SMILES string of the molecule is COc1cc2c(cc1OC)[C@@H](Cc1ccc(Oc3cc(C[C@@H]4c5cc(OC)c(OC)cc5CCN4C(=O)OC(C)(C)C)ccc3OC)c(OC)c1)N(C(=O)OC(C)(C)C)CC2. The highest BCUT2D eigenvalue weighted by Crippen LogP contribution is 2.44. The van der Waals surface area contributed by atoms with Crippen LogP contribution in [0.25, 0.3) is 0 Å². The molecule has 0 aliphatic carbocycles. The second-order valence-corrected chi connectivity index (χ2v) is 17.2. The van der Waals surface area contributed by atoms with Gasteiger partial charge in [-0.25, -0.2) is 9.59 Å². The fourth-order valence-electron chi connectivity index (χ4n) is 7.99. The molecular weight excluding hydrogens is 781 g/mol. The molecule has 6 rings (SSSR count). The van der Waals surface area contributed by atoms with Gasteiger partial charge in [-0.3, -0.25) is 0 Å². The second-order valence-electron chi connectivity index (χ2n) is 17.2. The van der Waals surface area contributed by atoms with Gasteiger partial charge in [0.2, 0.25) is 0 Å². The molecule has 328 valence electrons. The number of hydrogen-bond donors (Lipinski definition) is 0. The lowest BCUT2D eigenvalue weighted by atomic mass is 9.88. The van der Waals surface area contributed by atoms with Crippen molar-refractivity contribution in [3.63, 3.8) is 0 Å². The minimum atomic E-state index is -0.671. The summed E-state index contributed by atoms with van der Waals surface area (Å²) in [6.45, 7) is 12.1. The van der Waals surface area contributed by atoms with Crippen molar-refractivity contribution in [1.29, 1.82) is 0 Å². The predicted molar refractivity (Wildman–Crippen MR) is 231 cm³/mol. The molecule has 0 bridgehead atoms. The van der Waals surface area contributed by atoms with E-state index in [-0.39, 0.29) is 18.2 Å². The van der Waals surface area contributed by atoms with E-state index in [1.54, 1.807) is 52.5 Å². The van der Waals surface area contributed by atoms with E-state index in [1.807, 2.05) is 102 Å². The number of carbonyl (C=O) groups excluding carboxylic acids is 2. The quantitative estimate of drug-likeness (QED) is 0.136. The highest BCUT2D eigenvalue weighted by Gasteiger charge is 2.37. The summed E-state index contributed by atoms with van der Waals surface area (Å²) in [6.07, 6.45) is 1.40. The van der Waals surface area contributed by atoms with Gasteiger partial charge in [-0.2, -0.15) is 0 Å². The monoisotopic (exact) mass is 840 g/mol. The van der Waals surface area contributed by atoms with Crippen molar-refractivity contribution in [1.82, 2.24) is 9.80 Å². The van der Waals surface area contributed by atoms with Crippen LogP contribution in [-0.4, -0.2) is 88.9 Å². The molecule has 0 aromatic heterocycles. The summed E-state index contributed by atoms with van der Waals surface area (Å²) in [5, 5.41) is 0. The van der Waals surface area contributed by atoms with Crippen molar-refractivity contribution in [3.8, 4) is 46.0 Å². The molecule has 13 heteroatoms. The van der Waals surface area contributed by atoms with E-state index < -0.39 is 17.3 Å². The zero-order chi connectivity index (χ0) is 44.2. The molecular formula is C48H60N2O11. The maximum absolute atomic E-state index is 13.7. The van der Waals surface area contributed by atoms with Crippen molar-refractivity contribution >= 4 is 12.2 Å². The van der Waals surface area contributed by atoms with E-state index in [4.69, 9.17) is 42.6 Å². The summed E-state index contributed by atoms with van der Waals surface area (Å²) < 4.78 is 52.7. The molecule has 4 aromatic carbocycles. The third-order valence-electron chi connectivity index (χ3n) is 10.8. The van der Waals surface area contributed by atoms with E-state index in [2.05, 4.69) is 0 Å². The van der Waals surface area contributed by atoms with Gasteiger partial charge >= 0.3 is 12.2 Å². The van der Waals surface area contributed by atoms with Gasteiger partial charge in [0.05, 0.1) is 54.7 Å². The van der Waals surface area contributed by atoms with Crippen LogP contribution in [-0.2, 0) is 35.2 Å². The molecule has 0 fully saturated rings. The molecule has 13 nitrogen and oxygen atoms in total. The van der Waals surface area contributed by atoms with Crippen LogP contribution >= 0.6 is 0 Å². The first kappa shape index (κ1) is 44.6. The lowest BCUT2D eigenvalue weighted by molar-refractivity contribution is 0.0130. The zero-order valence-corrected chi connectivity index (χ0v) is 37.6. The Bertz CT molecular complexity index is 2220. The van der Waals surface area contributed by atoms with Gasteiger partial charge in [0.25, 0.3) is 0 Å². The smallest absolute Gasteiger partial charge is 0.410 e. The van der Waals surface area contributed by atoms with E-state index >= 15 is 0 Å². The van der Waals surface area contributed by atoms with Gasteiger partial charge in [0.15, 0.2) is 46.0 Å². The van der Waals surface area contributed by atoms with Gasteiger partial charge in [-0.05, 0) is 149 Å². The van der Waals surface area contributed by atoms with Crippen molar-refractivity contribution in [2.45, 2.75) is 90.5 Å². The van der Waals surface area contributed by atoms with Gasteiger partial charge in [0.1, 0.15) is 11.2 Å². The minimum Gasteiger partial charge on any atom is -0.493 e. The van der Waals surface area contributed by atoms with Crippen molar-refractivity contribution in [3.05, 3.63) is 94.0 Å². The molecule has 0 N–H and O–H groups in total. The van der Waals surface area contributed by atoms with Crippen LogP contribution in [0.3, 0.4) is 0 Å². The van der Waals surface area contributed by atoms with E-state index in [0.717, 1.165) is 33.4 Å². The maximum atomic E-state index is 13.7. The number of ether oxygens (including phenoxy) is 9. The van der Waals surface area contributed by atoms with Gasteiger partial charge < -0.3 is 52.4 Å². The Labute approximate surface area is 359 Å². The number of amides is 2. The highest BCUT2D eigenvalue weighted by molar-refractivity contribution is 5.71. The van der Waals surface area contributed by atoms with Crippen LogP contribution in [0, 0.1) is 0 Å². The van der Waals surface area contributed by atoms with E-state index in [1.165, 1.54) is 0 Å². The van der Waals surface area contributed by atoms with Crippen LogP contribution < -0.4 is 33.2 Å². The number of carbonyl (C=O) groups is 2. The average Bonchev–Trinajstić information content (AvgIpc) is 3.22. The Morgan fingerprint density at radius 3 is 1.25 bits per heavy atom. The van der Waals surface area contributed by atoms with Gasteiger partial charge in [0, 0.05) is 13.1 Å². The van der Waals surface area contributed by atoms with Crippen molar-refractivity contribution in [2.24, 2.45) is 0 Å². The summed E-state index contributed by atoms with van der Waals surface area (Å²) >= 11 is 0. The van der Waals surface area contributed by atoms with Crippen LogP contribution in [0.15, 0.2) is 60.7 Å². The molecule has 4 aromatic rings. The molecule has 2 heterocycles. The highest BCUT2D eigenvalue weighted by atomic mass is 16.6. The Morgan fingerprint density at radius 2 is 0.852 bits per heavy atom. The van der Waals surface area contributed by atoms with Crippen molar-refractivity contribution in [2.75, 3.05) is 55.7 Å². The van der Waals surface area contributed by atoms with Crippen molar-refractivity contribution < 1.29 is 52.2 Å².